The monoisotopic (exact) mass is 340 g/mol. The van der Waals surface area contributed by atoms with E-state index < -0.39 is 0 Å². The first kappa shape index (κ1) is 11.7. The van der Waals surface area contributed by atoms with Crippen molar-refractivity contribution in [3.63, 3.8) is 0 Å². The second-order valence-electron chi connectivity index (χ2n) is 3.34. The maximum Gasteiger partial charge on any atom is 0.128 e. The van der Waals surface area contributed by atoms with Crippen LogP contribution in [0.2, 0.25) is 0 Å². The molecule has 0 spiro atoms. The molecule has 0 atom stereocenters. The molecular formula is C13H10Br2O. The van der Waals surface area contributed by atoms with Gasteiger partial charge in [-0.2, -0.15) is 0 Å². The zero-order valence-electron chi connectivity index (χ0n) is 8.49. The lowest BCUT2D eigenvalue weighted by Gasteiger charge is -2.06. The molecule has 1 nitrogen and oxygen atoms in total. The quantitative estimate of drug-likeness (QED) is 0.702. The van der Waals surface area contributed by atoms with Gasteiger partial charge < -0.3 is 4.74 Å². The molecule has 0 aliphatic rings. The van der Waals surface area contributed by atoms with Gasteiger partial charge in [0, 0.05) is 9.80 Å². The molecule has 0 amide bonds. The third-order valence-corrected chi connectivity index (χ3v) is 3.23. The molecule has 0 radical (unpaired) electrons. The third kappa shape index (κ3) is 3.09. The Morgan fingerprint density at radius 1 is 0.938 bits per heavy atom. The van der Waals surface area contributed by atoms with Crippen molar-refractivity contribution in [1.82, 2.24) is 0 Å². The van der Waals surface area contributed by atoms with Crippen LogP contribution in [0.3, 0.4) is 0 Å². The van der Waals surface area contributed by atoms with Gasteiger partial charge in [0.2, 0.25) is 0 Å². The Bertz CT molecular complexity index is 483. The second kappa shape index (κ2) is 5.51. The van der Waals surface area contributed by atoms with Crippen molar-refractivity contribution in [2.45, 2.75) is 5.33 Å². The summed E-state index contributed by atoms with van der Waals surface area (Å²) in [5.41, 5.74) is 1.20. The van der Waals surface area contributed by atoms with E-state index in [1.807, 2.05) is 42.5 Å². The van der Waals surface area contributed by atoms with Crippen LogP contribution in [0, 0.1) is 0 Å². The maximum atomic E-state index is 5.75. The van der Waals surface area contributed by atoms with Gasteiger partial charge in [-0.1, -0.05) is 50.1 Å². The Kier molecular flexibility index (Phi) is 4.02. The molecule has 0 aliphatic heterocycles. The highest BCUT2D eigenvalue weighted by molar-refractivity contribution is 9.10. The molecule has 0 aliphatic carbocycles. The number of alkyl halides is 1. The average molecular weight is 342 g/mol. The number of ether oxygens (including phenoxy) is 1. The van der Waals surface area contributed by atoms with Crippen LogP contribution in [0.25, 0.3) is 0 Å². The van der Waals surface area contributed by atoms with E-state index in [0.29, 0.717) is 0 Å². The molecule has 2 aromatic carbocycles. The summed E-state index contributed by atoms with van der Waals surface area (Å²) in [5, 5.41) is 0.836. The van der Waals surface area contributed by atoms with Crippen molar-refractivity contribution in [1.29, 1.82) is 0 Å². The van der Waals surface area contributed by atoms with Crippen LogP contribution in [-0.2, 0) is 5.33 Å². The number of benzene rings is 2. The van der Waals surface area contributed by atoms with E-state index in [0.717, 1.165) is 21.3 Å². The van der Waals surface area contributed by atoms with Crippen molar-refractivity contribution >= 4 is 31.9 Å². The van der Waals surface area contributed by atoms with Crippen LogP contribution < -0.4 is 4.74 Å². The molecule has 0 fully saturated rings. The molecule has 0 aromatic heterocycles. The molecule has 0 N–H and O–H groups in total. The van der Waals surface area contributed by atoms with Gasteiger partial charge in [0.15, 0.2) is 0 Å². The van der Waals surface area contributed by atoms with E-state index in [1.54, 1.807) is 0 Å². The van der Waals surface area contributed by atoms with Crippen molar-refractivity contribution in [3.05, 3.63) is 58.6 Å². The lowest BCUT2D eigenvalue weighted by atomic mass is 10.2. The first-order chi connectivity index (χ1) is 7.78. The molecule has 0 unspecified atom stereocenters. The number of hydrogen-bond acceptors (Lipinski definition) is 1. The minimum Gasteiger partial charge on any atom is -0.457 e. The summed E-state index contributed by atoms with van der Waals surface area (Å²) in [6, 6.07) is 15.8. The fourth-order valence-corrected chi connectivity index (χ4v) is 2.09. The second-order valence-corrected chi connectivity index (χ2v) is 4.82. The Morgan fingerprint density at radius 3 is 2.31 bits per heavy atom. The normalized spacial score (nSPS) is 10.1. The molecule has 0 bridgehead atoms. The summed E-state index contributed by atoms with van der Waals surface area (Å²) < 4.78 is 6.77. The van der Waals surface area contributed by atoms with Gasteiger partial charge in [0.05, 0.1) is 0 Å². The SMILES string of the molecule is BrCc1cccc(Oc2cccc(Br)c2)c1. The lowest BCUT2D eigenvalue weighted by Crippen LogP contribution is -1.85. The minimum atomic E-state index is 0.834. The summed E-state index contributed by atoms with van der Waals surface area (Å²) in [6.45, 7) is 0. The fraction of sp³-hybridized carbons (Fsp3) is 0.0769. The highest BCUT2D eigenvalue weighted by Crippen LogP contribution is 2.25. The van der Waals surface area contributed by atoms with E-state index in [1.165, 1.54) is 5.56 Å². The molecule has 3 heteroatoms. The van der Waals surface area contributed by atoms with E-state index in [-0.39, 0.29) is 0 Å². The van der Waals surface area contributed by atoms with E-state index in [4.69, 9.17) is 4.74 Å². The van der Waals surface area contributed by atoms with Crippen LogP contribution in [0.1, 0.15) is 5.56 Å². The van der Waals surface area contributed by atoms with Gasteiger partial charge in [-0.3, -0.25) is 0 Å². The highest BCUT2D eigenvalue weighted by atomic mass is 79.9. The van der Waals surface area contributed by atoms with Crippen molar-refractivity contribution in [2.24, 2.45) is 0 Å². The van der Waals surface area contributed by atoms with Gasteiger partial charge in [0.25, 0.3) is 0 Å². The lowest BCUT2D eigenvalue weighted by molar-refractivity contribution is 0.482. The summed E-state index contributed by atoms with van der Waals surface area (Å²) >= 11 is 6.84. The molecule has 2 aromatic rings. The molecule has 82 valence electrons. The molecule has 0 saturated carbocycles. The summed E-state index contributed by atoms with van der Waals surface area (Å²) in [5.74, 6) is 1.69. The van der Waals surface area contributed by atoms with Gasteiger partial charge in [-0.15, -0.1) is 0 Å². The predicted octanol–water partition coefficient (Wildman–Crippen LogP) is 5.14. The summed E-state index contributed by atoms with van der Waals surface area (Å²) in [4.78, 5) is 0. The standard InChI is InChI=1S/C13H10Br2O/c14-9-10-3-1-5-12(7-10)16-13-6-2-4-11(15)8-13/h1-8H,9H2. The first-order valence-electron chi connectivity index (χ1n) is 4.86. The van der Waals surface area contributed by atoms with E-state index >= 15 is 0 Å². The van der Waals surface area contributed by atoms with Crippen LogP contribution >= 0.6 is 31.9 Å². The third-order valence-electron chi connectivity index (χ3n) is 2.08. The van der Waals surface area contributed by atoms with Crippen LogP contribution in [0.5, 0.6) is 11.5 Å². The smallest absolute Gasteiger partial charge is 0.128 e. The molecule has 2 rings (SSSR count). The van der Waals surface area contributed by atoms with Crippen LogP contribution in [0.15, 0.2) is 53.0 Å². The topological polar surface area (TPSA) is 9.23 Å². The number of halogens is 2. The van der Waals surface area contributed by atoms with Gasteiger partial charge >= 0.3 is 0 Å². The summed E-state index contributed by atoms with van der Waals surface area (Å²) in [6.07, 6.45) is 0. The largest absolute Gasteiger partial charge is 0.457 e. The van der Waals surface area contributed by atoms with E-state index in [9.17, 15) is 0 Å². The van der Waals surface area contributed by atoms with Crippen molar-refractivity contribution in [2.75, 3.05) is 0 Å². The molecule has 0 heterocycles. The molecule has 0 saturated heterocycles. The van der Waals surface area contributed by atoms with Crippen LogP contribution in [0.4, 0.5) is 0 Å². The maximum absolute atomic E-state index is 5.75. The Labute approximate surface area is 112 Å². The Hall–Kier alpha value is -0.800. The minimum absolute atomic E-state index is 0.834. The Morgan fingerprint density at radius 2 is 1.62 bits per heavy atom. The van der Waals surface area contributed by atoms with Crippen molar-refractivity contribution in [3.8, 4) is 11.5 Å². The molecular weight excluding hydrogens is 332 g/mol. The zero-order valence-corrected chi connectivity index (χ0v) is 11.7. The van der Waals surface area contributed by atoms with Gasteiger partial charge in [0.1, 0.15) is 11.5 Å². The number of rotatable bonds is 3. The first-order valence-corrected chi connectivity index (χ1v) is 6.78. The predicted molar refractivity (Wildman–Crippen MR) is 73.3 cm³/mol. The number of hydrogen-bond donors (Lipinski definition) is 0. The fourth-order valence-electron chi connectivity index (χ4n) is 1.36. The average Bonchev–Trinajstić information content (AvgIpc) is 2.29. The van der Waals surface area contributed by atoms with Crippen molar-refractivity contribution < 1.29 is 4.74 Å². The van der Waals surface area contributed by atoms with E-state index in [2.05, 4.69) is 37.9 Å². The highest BCUT2D eigenvalue weighted by Gasteiger charge is 1.98. The zero-order chi connectivity index (χ0) is 11.4. The summed E-state index contributed by atoms with van der Waals surface area (Å²) in [7, 11) is 0. The van der Waals surface area contributed by atoms with Crippen LogP contribution in [-0.4, -0.2) is 0 Å². The van der Waals surface area contributed by atoms with Gasteiger partial charge in [-0.05, 0) is 35.9 Å². The Balaban J connectivity index is 2.20. The van der Waals surface area contributed by atoms with Gasteiger partial charge in [-0.25, -0.2) is 0 Å². The molecule has 16 heavy (non-hydrogen) atoms.